The van der Waals surface area contributed by atoms with E-state index in [2.05, 4.69) is 10.6 Å². The first-order valence-electron chi connectivity index (χ1n) is 5.53. The smallest absolute Gasteiger partial charge is 0.337 e. The first kappa shape index (κ1) is 13.8. The van der Waals surface area contributed by atoms with Gasteiger partial charge in [0.1, 0.15) is 0 Å². The van der Waals surface area contributed by atoms with Gasteiger partial charge in [-0.3, -0.25) is 0 Å². The first-order valence-corrected chi connectivity index (χ1v) is 5.53. The Labute approximate surface area is 106 Å². The molecule has 0 aromatic heterocycles. The van der Waals surface area contributed by atoms with E-state index in [-0.39, 0.29) is 11.6 Å². The van der Waals surface area contributed by atoms with Crippen LogP contribution in [0.3, 0.4) is 0 Å². The number of carbonyl (C=O) groups is 2. The summed E-state index contributed by atoms with van der Waals surface area (Å²) in [6, 6.07) is 6.47. The zero-order chi connectivity index (χ0) is 13.5. The van der Waals surface area contributed by atoms with Crippen LogP contribution < -0.4 is 10.6 Å². The molecule has 0 fully saturated rings. The molecule has 3 N–H and O–H groups in total. The number of urea groups is 1. The lowest BCUT2D eigenvalue weighted by Gasteiger charge is -2.13. The lowest BCUT2D eigenvalue weighted by Crippen LogP contribution is -2.37. The van der Waals surface area contributed by atoms with Crippen molar-refractivity contribution in [2.45, 2.75) is 0 Å². The van der Waals surface area contributed by atoms with Gasteiger partial charge in [-0.1, -0.05) is 12.1 Å². The van der Waals surface area contributed by atoms with Crippen LogP contribution in [0.1, 0.15) is 10.4 Å². The molecule has 0 heterocycles. The van der Waals surface area contributed by atoms with Crippen LogP contribution >= 0.6 is 0 Å². The van der Waals surface area contributed by atoms with Gasteiger partial charge in [-0.2, -0.15) is 0 Å². The van der Waals surface area contributed by atoms with Crippen LogP contribution in [0.2, 0.25) is 0 Å². The van der Waals surface area contributed by atoms with E-state index in [4.69, 9.17) is 5.11 Å². The fourth-order valence-electron chi connectivity index (χ4n) is 1.35. The summed E-state index contributed by atoms with van der Waals surface area (Å²) in [7, 11) is 3.31. The van der Waals surface area contributed by atoms with Crippen molar-refractivity contribution < 1.29 is 14.7 Å². The van der Waals surface area contributed by atoms with Gasteiger partial charge in [0, 0.05) is 32.9 Å². The van der Waals surface area contributed by atoms with Crippen molar-refractivity contribution in [3.8, 4) is 0 Å². The molecule has 0 bridgehead atoms. The Morgan fingerprint density at radius 1 is 1.22 bits per heavy atom. The van der Waals surface area contributed by atoms with Crippen molar-refractivity contribution in [3.05, 3.63) is 29.8 Å². The molecule has 0 atom stereocenters. The first-order chi connectivity index (χ1) is 8.52. The molecular formula is C12H17N3O3. The number of hydrogen-bond donors (Lipinski definition) is 3. The number of hydrogen-bond acceptors (Lipinski definition) is 3. The molecule has 1 aromatic carbocycles. The fourth-order valence-corrected chi connectivity index (χ4v) is 1.35. The third kappa shape index (κ3) is 3.97. The Bertz CT molecular complexity index is 432. The number of anilines is 1. The van der Waals surface area contributed by atoms with Crippen molar-refractivity contribution in [2.75, 3.05) is 32.5 Å². The maximum Gasteiger partial charge on any atom is 0.337 e. The van der Waals surface area contributed by atoms with Crippen LogP contribution in [0.5, 0.6) is 0 Å². The molecule has 0 aliphatic carbocycles. The number of carboxylic acid groups (broad SMARTS) is 1. The monoisotopic (exact) mass is 251 g/mol. The second-order valence-electron chi connectivity index (χ2n) is 3.90. The number of aromatic carboxylic acids is 1. The molecule has 0 radical (unpaired) electrons. The highest BCUT2D eigenvalue weighted by atomic mass is 16.4. The lowest BCUT2D eigenvalue weighted by molar-refractivity contribution is 0.0698. The van der Waals surface area contributed by atoms with E-state index < -0.39 is 5.97 Å². The van der Waals surface area contributed by atoms with Gasteiger partial charge in [0.2, 0.25) is 0 Å². The highest BCUT2D eigenvalue weighted by Crippen LogP contribution is 2.13. The molecule has 1 rings (SSSR count). The molecule has 0 saturated heterocycles. The summed E-state index contributed by atoms with van der Waals surface area (Å²) in [5.41, 5.74) is 0.764. The molecule has 0 spiro atoms. The van der Waals surface area contributed by atoms with Crippen molar-refractivity contribution >= 4 is 17.7 Å². The van der Waals surface area contributed by atoms with Crippen LogP contribution in [-0.2, 0) is 0 Å². The van der Waals surface area contributed by atoms with E-state index in [0.717, 1.165) is 0 Å². The zero-order valence-electron chi connectivity index (χ0n) is 10.4. The Balaban J connectivity index is 2.45. The van der Waals surface area contributed by atoms with E-state index >= 15 is 0 Å². The van der Waals surface area contributed by atoms with Gasteiger partial charge < -0.3 is 20.6 Å². The van der Waals surface area contributed by atoms with Crippen LogP contribution in [0, 0.1) is 0 Å². The summed E-state index contributed by atoms with van der Waals surface area (Å²) in [6.45, 7) is 0.884. The van der Waals surface area contributed by atoms with Gasteiger partial charge in [-0.05, 0) is 12.1 Å². The normalized spacial score (nSPS) is 9.67. The maximum absolute atomic E-state index is 11.2. The number of amides is 2. The van der Waals surface area contributed by atoms with Crippen LogP contribution in [0.15, 0.2) is 24.3 Å². The molecule has 2 amide bonds. The molecule has 0 unspecified atom stereocenters. The standard InChI is InChI=1S/C12H17N3O3/c1-15(2)12(18)14-8-7-13-10-6-4-3-5-9(10)11(16)17/h3-6,13H,7-8H2,1-2H3,(H,14,18)(H,16,17). The van der Waals surface area contributed by atoms with E-state index in [0.29, 0.717) is 18.8 Å². The van der Waals surface area contributed by atoms with E-state index in [1.165, 1.54) is 11.0 Å². The Kier molecular flexibility index (Phi) is 4.98. The van der Waals surface area contributed by atoms with Gasteiger partial charge in [-0.25, -0.2) is 9.59 Å². The minimum Gasteiger partial charge on any atom is -0.478 e. The van der Waals surface area contributed by atoms with E-state index in [1.54, 1.807) is 32.3 Å². The average molecular weight is 251 g/mol. The van der Waals surface area contributed by atoms with Crippen molar-refractivity contribution in [1.82, 2.24) is 10.2 Å². The molecule has 18 heavy (non-hydrogen) atoms. The predicted molar refractivity (Wildman–Crippen MR) is 69.0 cm³/mol. The largest absolute Gasteiger partial charge is 0.478 e. The Morgan fingerprint density at radius 2 is 1.89 bits per heavy atom. The minimum atomic E-state index is -0.976. The fraction of sp³-hybridized carbons (Fsp3) is 0.333. The molecule has 6 heteroatoms. The van der Waals surface area contributed by atoms with Gasteiger partial charge >= 0.3 is 12.0 Å². The molecule has 0 saturated carbocycles. The van der Waals surface area contributed by atoms with Gasteiger partial charge in [-0.15, -0.1) is 0 Å². The molecule has 1 aromatic rings. The Hall–Kier alpha value is -2.24. The predicted octanol–water partition coefficient (Wildman–Crippen LogP) is 1.07. The minimum absolute atomic E-state index is 0.177. The molecule has 98 valence electrons. The third-order valence-corrected chi connectivity index (χ3v) is 2.28. The Morgan fingerprint density at radius 3 is 2.50 bits per heavy atom. The number of nitrogens with one attached hydrogen (secondary N) is 2. The number of carbonyl (C=O) groups excluding carboxylic acids is 1. The van der Waals surface area contributed by atoms with E-state index in [1.807, 2.05) is 0 Å². The van der Waals surface area contributed by atoms with Gasteiger partial charge in [0.05, 0.1) is 5.56 Å². The van der Waals surface area contributed by atoms with Crippen molar-refractivity contribution in [3.63, 3.8) is 0 Å². The molecule has 6 nitrogen and oxygen atoms in total. The van der Waals surface area contributed by atoms with Crippen LogP contribution in [0.4, 0.5) is 10.5 Å². The zero-order valence-corrected chi connectivity index (χ0v) is 10.4. The lowest BCUT2D eigenvalue weighted by atomic mass is 10.2. The number of carboxylic acids is 1. The quantitative estimate of drug-likeness (QED) is 0.684. The van der Waals surface area contributed by atoms with Crippen molar-refractivity contribution in [1.29, 1.82) is 0 Å². The van der Waals surface area contributed by atoms with Gasteiger partial charge in [0.15, 0.2) is 0 Å². The average Bonchev–Trinajstić information content (AvgIpc) is 2.34. The summed E-state index contributed by atoms with van der Waals surface area (Å²) < 4.78 is 0. The van der Waals surface area contributed by atoms with Crippen molar-refractivity contribution in [2.24, 2.45) is 0 Å². The molecule has 0 aliphatic rings. The van der Waals surface area contributed by atoms with E-state index in [9.17, 15) is 9.59 Å². The van der Waals surface area contributed by atoms with Crippen LogP contribution in [0.25, 0.3) is 0 Å². The second-order valence-corrected chi connectivity index (χ2v) is 3.90. The topological polar surface area (TPSA) is 81.7 Å². The summed E-state index contributed by atoms with van der Waals surface area (Å²) in [5, 5.41) is 14.6. The maximum atomic E-state index is 11.2. The number of benzene rings is 1. The molecule has 0 aliphatic heterocycles. The summed E-state index contributed by atoms with van der Waals surface area (Å²) in [4.78, 5) is 23.6. The van der Waals surface area contributed by atoms with Crippen LogP contribution in [-0.4, -0.2) is 49.2 Å². The highest BCUT2D eigenvalue weighted by molar-refractivity contribution is 5.94. The van der Waals surface area contributed by atoms with Gasteiger partial charge in [0.25, 0.3) is 0 Å². The summed E-state index contributed by atoms with van der Waals surface area (Å²) >= 11 is 0. The second kappa shape index (κ2) is 6.48. The number of rotatable bonds is 5. The number of para-hydroxylation sites is 1. The SMILES string of the molecule is CN(C)C(=O)NCCNc1ccccc1C(=O)O. The third-order valence-electron chi connectivity index (χ3n) is 2.28. The summed E-state index contributed by atoms with van der Waals surface area (Å²) in [6.07, 6.45) is 0. The summed E-state index contributed by atoms with van der Waals surface area (Å²) in [5.74, 6) is -0.976. The molecular weight excluding hydrogens is 234 g/mol. The highest BCUT2D eigenvalue weighted by Gasteiger charge is 2.08. The number of nitrogens with zero attached hydrogens (tertiary/aromatic N) is 1.